The number of hydrogen-bond acceptors (Lipinski definition) is 0. The van der Waals surface area contributed by atoms with Crippen LogP contribution in [0.5, 0.6) is 0 Å². The minimum absolute atomic E-state index is 0.199. The molecule has 0 spiro atoms. The summed E-state index contributed by atoms with van der Waals surface area (Å²) < 4.78 is 16.2. The third kappa shape index (κ3) is 23.4. The van der Waals surface area contributed by atoms with E-state index in [0.29, 0.717) is 22.7 Å². The van der Waals surface area contributed by atoms with Crippen LogP contribution in [-0.4, -0.2) is 53.1 Å². The van der Waals surface area contributed by atoms with Gasteiger partial charge in [0, 0.05) is 0 Å². The molecule has 2 aliphatic carbocycles. The topological polar surface area (TPSA) is 15.5 Å². The summed E-state index contributed by atoms with van der Waals surface area (Å²) in [5.41, 5.74) is 29.4. The van der Waals surface area contributed by atoms with Crippen molar-refractivity contribution in [2.45, 2.75) is 287 Å². The van der Waals surface area contributed by atoms with Crippen molar-refractivity contribution >= 4 is 70.6 Å². The van der Waals surface area contributed by atoms with Crippen LogP contribution in [0.25, 0.3) is 45.0 Å². The van der Waals surface area contributed by atoms with Crippen LogP contribution < -0.4 is 35.9 Å². The van der Waals surface area contributed by atoms with Crippen LogP contribution in [0, 0.1) is 51.4 Å². The number of aromatic nitrogens is 4. The van der Waals surface area contributed by atoms with Crippen molar-refractivity contribution in [3.05, 3.63) is 189 Å². The van der Waals surface area contributed by atoms with Gasteiger partial charge in [-0.05, 0) is 0 Å². The number of pyridine rings is 4. The van der Waals surface area contributed by atoms with E-state index in [2.05, 4.69) is 362 Å². The predicted molar refractivity (Wildman–Crippen MR) is 468 cm³/mol. The van der Waals surface area contributed by atoms with Crippen LogP contribution in [0.4, 0.5) is 0 Å². The Bertz CT molecular complexity index is 4270. The van der Waals surface area contributed by atoms with Crippen LogP contribution in [0.2, 0.25) is 69.1 Å². The first kappa shape index (κ1) is 86.9. The fourth-order valence-electron chi connectivity index (χ4n) is 16.3. The zero-order chi connectivity index (χ0) is 77.9. The molecule has 0 saturated heterocycles. The molecule has 0 amide bonds. The average Bonchev–Trinajstić information content (AvgIpc) is 0.994. The van der Waals surface area contributed by atoms with Gasteiger partial charge in [-0.1, -0.05) is 0 Å². The summed E-state index contributed by atoms with van der Waals surface area (Å²) >= 11 is -7.66. The predicted octanol–water partition coefficient (Wildman–Crippen LogP) is 22.5. The van der Waals surface area contributed by atoms with E-state index in [-0.39, 0.29) is 5.41 Å². The van der Waals surface area contributed by atoms with E-state index in [0.717, 1.165) is 31.1 Å². The number of rotatable bonds is 15. The maximum atomic E-state index is 2.56. The van der Waals surface area contributed by atoms with E-state index in [4.69, 9.17) is 0 Å². The molecule has 0 atom stereocenters. The summed E-state index contributed by atoms with van der Waals surface area (Å²) in [6.07, 6.45) is 24.4. The zero-order valence-electron chi connectivity index (χ0n) is 72.9. The van der Waals surface area contributed by atoms with Gasteiger partial charge >= 0.3 is 655 Å². The van der Waals surface area contributed by atoms with Gasteiger partial charge in [0.1, 0.15) is 0 Å². The van der Waals surface area contributed by atoms with Gasteiger partial charge in [-0.3, -0.25) is 0 Å². The molecule has 4 aromatic heterocycles. The first-order valence-corrected chi connectivity index (χ1v) is 69.7. The molecule has 104 heavy (non-hydrogen) atoms. The first-order valence-electron chi connectivity index (χ1n) is 40.4. The molecular weight excluding hydrogens is 1500 g/mol. The third-order valence-electron chi connectivity index (χ3n) is 22.0. The van der Waals surface area contributed by atoms with Crippen molar-refractivity contribution in [2.75, 3.05) is 0 Å². The van der Waals surface area contributed by atoms with Gasteiger partial charge in [-0.25, -0.2) is 0 Å². The molecule has 4 aromatic carbocycles. The van der Waals surface area contributed by atoms with Crippen LogP contribution in [0.1, 0.15) is 226 Å². The normalized spacial score (nSPS) is 14.3. The standard InChI is InChI=1S/2C25H38GeN.C24H38GeN.C22H34GeN/c1-18-15-20(25(2,3)4)13-14-21(18)24-16-22(19-11-9-10-12-19)23(17-27(24)8)26(5,6)7;1-18(2)14-20-12-13-22(19(3)15-20)25-16-23(21-10-8-9-11-21)24(17-27(25)7)26(4,5)6;1-17(2)19-12-11-18(3)21(13-19)23-14-20(15-24(4,5)6)22(16-26(23)10)25(7,8)9;1-16-10-11-17(2)19(12-16)21-13-18(14-22(3,4)5)20(15-24(21)9)23(6,7)8/h13-17,19H,9-12H2,1-8H3;12-13,15-18,21H,8-11,14H2,1-7H3;11-14,16-17H,15H2,1-10H3;10-13,15H,14H2,1-9H3/q4*+1. The van der Waals surface area contributed by atoms with E-state index in [1.165, 1.54) is 141 Å². The van der Waals surface area contributed by atoms with E-state index >= 15 is 0 Å². The molecule has 4 heterocycles. The summed E-state index contributed by atoms with van der Waals surface area (Å²) in [6.45, 7) is 41.3. The Morgan fingerprint density at radius 1 is 0.375 bits per heavy atom. The quantitative estimate of drug-likeness (QED) is 0.0718. The molecule has 0 unspecified atom stereocenters. The summed E-state index contributed by atoms with van der Waals surface area (Å²) in [4.78, 5) is 0. The summed E-state index contributed by atoms with van der Waals surface area (Å²) in [7, 11) is 8.90. The third-order valence-corrected chi connectivity index (χ3v) is 39.3. The van der Waals surface area contributed by atoms with Gasteiger partial charge in [0.05, 0.1) is 0 Å². The van der Waals surface area contributed by atoms with Crippen molar-refractivity contribution < 1.29 is 18.3 Å². The Hall–Kier alpha value is -4.35. The molecule has 564 valence electrons. The van der Waals surface area contributed by atoms with E-state index in [1.807, 2.05) is 0 Å². The van der Waals surface area contributed by atoms with Crippen molar-refractivity contribution in [3.8, 4) is 45.0 Å². The van der Waals surface area contributed by atoms with Gasteiger partial charge in [0.2, 0.25) is 0 Å². The van der Waals surface area contributed by atoms with Gasteiger partial charge in [-0.2, -0.15) is 0 Å². The van der Waals surface area contributed by atoms with Crippen molar-refractivity contribution in [1.29, 1.82) is 0 Å². The molecule has 8 heteroatoms. The fraction of sp³-hybridized carbons (Fsp3) is 0.542. The number of nitrogens with zero attached hydrogens (tertiary/aromatic N) is 4. The van der Waals surface area contributed by atoms with Gasteiger partial charge in [-0.15, -0.1) is 0 Å². The number of benzene rings is 4. The molecule has 0 bridgehead atoms. The van der Waals surface area contributed by atoms with Gasteiger partial charge in [0.25, 0.3) is 0 Å². The van der Waals surface area contributed by atoms with Crippen LogP contribution >= 0.6 is 0 Å². The number of aryl methyl sites for hydroxylation is 9. The summed E-state index contributed by atoms with van der Waals surface area (Å²) in [6, 6.07) is 38.0. The maximum absolute atomic E-state index is 2.56. The summed E-state index contributed by atoms with van der Waals surface area (Å²) in [5, 5.41) is 0. The van der Waals surface area contributed by atoms with Crippen LogP contribution in [-0.2, 0) is 52.9 Å². The molecule has 10 rings (SSSR count). The SMILES string of the molecule is Cc1cc(C(C)(C)C)ccc1-c1cc(C2CCCC2)[c]([Ge]([CH3])([CH3])[CH3])c[n+]1C.Cc1cc(CC(C)C)ccc1-c1cc(C2CCCC2)[c]([Ge]([CH3])([CH3])[CH3])c[n+]1C.Cc1ccc(C(C)C)cc1-c1cc(CC(C)(C)C)[c]([Ge]([CH3])([CH3])[CH3])c[n+]1C.Cc1ccc(C)c(-c2cc(CC(C)(C)C)[c]([Ge]([CH3])([CH3])[CH3])c[n+]2C)c1. The van der Waals surface area contributed by atoms with E-state index in [1.54, 1.807) is 39.8 Å². The Labute approximate surface area is 649 Å². The van der Waals surface area contributed by atoms with Crippen molar-refractivity contribution in [2.24, 2.45) is 44.9 Å². The molecule has 4 nitrogen and oxygen atoms in total. The van der Waals surface area contributed by atoms with E-state index < -0.39 is 53.1 Å². The first-order chi connectivity index (χ1) is 47.8. The van der Waals surface area contributed by atoms with Crippen LogP contribution in [0.15, 0.2) is 122 Å². The second kappa shape index (κ2) is 34.7. The van der Waals surface area contributed by atoms with Gasteiger partial charge in [0.15, 0.2) is 0 Å². The van der Waals surface area contributed by atoms with Crippen molar-refractivity contribution in [3.63, 3.8) is 0 Å². The molecule has 8 aromatic rings. The molecule has 0 radical (unpaired) electrons. The monoisotopic (exact) mass is 1650 g/mol. The second-order valence-corrected chi connectivity index (χ2v) is 83.0. The Balaban J connectivity index is 0.000000194. The molecule has 0 N–H and O–H groups in total. The molecule has 0 aliphatic heterocycles. The van der Waals surface area contributed by atoms with Gasteiger partial charge < -0.3 is 0 Å². The molecule has 2 saturated carbocycles. The molecule has 2 aliphatic rings. The Kier molecular flexibility index (Phi) is 29.0. The van der Waals surface area contributed by atoms with Crippen molar-refractivity contribution in [1.82, 2.24) is 0 Å². The second-order valence-electron chi connectivity index (χ2n) is 40.7. The average molecular weight is 1650 g/mol. The summed E-state index contributed by atoms with van der Waals surface area (Å²) in [5.74, 6) is 33.1. The molecule has 2 fully saturated rings. The number of hydrogen-bond donors (Lipinski definition) is 0. The van der Waals surface area contributed by atoms with Crippen LogP contribution in [0.3, 0.4) is 0 Å². The zero-order valence-corrected chi connectivity index (χ0v) is 81.3. The Morgan fingerprint density at radius 3 is 1.08 bits per heavy atom. The Morgan fingerprint density at radius 2 is 0.731 bits per heavy atom. The minimum atomic E-state index is -1.94. The van der Waals surface area contributed by atoms with E-state index in [9.17, 15) is 0 Å². The molecular formula is C96H148Ge4N4+4. The fourth-order valence-corrected chi connectivity index (χ4v) is 30.7.